The maximum atomic E-state index is 11.7. The van der Waals surface area contributed by atoms with Crippen molar-refractivity contribution in [2.75, 3.05) is 12.3 Å². The Hall–Kier alpha value is -1.75. The number of aromatic nitrogens is 1. The van der Waals surface area contributed by atoms with Gasteiger partial charge in [0.25, 0.3) is 0 Å². The van der Waals surface area contributed by atoms with Gasteiger partial charge >= 0.3 is 5.97 Å². The van der Waals surface area contributed by atoms with Crippen molar-refractivity contribution in [2.45, 2.75) is 6.92 Å². The normalized spacial score (nSPS) is 10.3. The lowest BCUT2D eigenvalue weighted by molar-refractivity contribution is 0.0529. The van der Waals surface area contributed by atoms with Gasteiger partial charge in [0, 0.05) is 22.8 Å². The smallest absolute Gasteiger partial charge is 0.341 e. The highest BCUT2D eigenvalue weighted by Crippen LogP contribution is 2.33. The summed E-state index contributed by atoms with van der Waals surface area (Å²) < 4.78 is 4.98. The van der Waals surface area contributed by atoms with Crippen LogP contribution in [-0.4, -0.2) is 17.6 Å². The first-order valence-corrected chi connectivity index (χ1v) is 5.79. The highest BCUT2D eigenvalue weighted by Gasteiger charge is 2.19. The van der Waals surface area contributed by atoms with Crippen molar-refractivity contribution < 1.29 is 9.53 Å². The standard InChI is InChI=1S/C11H12N2O2S/c1-2-15-11(14)9-7(6-16-10(9)12)8-4-3-5-13-8/h3-6,13H,2,12H2,1H3. The number of nitrogens with one attached hydrogen (secondary N) is 1. The number of rotatable bonds is 3. The van der Waals surface area contributed by atoms with E-state index in [2.05, 4.69) is 4.98 Å². The second-order valence-corrected chi connectivity index (χ2v) is 4.10. The van der Waals surface area contributed by atoms with Crippen LogP contribution in [0.25, 0.3) is 11.3 Å². The summed E-state index contributed by atoms with van der Waals surface area (Å²) in [6.45, 7) is 2.12. The van der Waals surface area contributed by atoms with Crippen LogP contribution >= 0.6 is 11.3 Å². The number of H-pyrrole nitrogens is 1. The lowest BCUT2D eigenvalue weighted by Gasteiger charge is -2.03. The summed E-state index contributed by atoms with van der Waals surface area (Å²) >= 11 is 1.34. The fourth-order valence-corrected chi connectivity index (χ4v) is 2.28. The first-order valence-electron chi connectivity index (χ1n) is 4.92. The fraction of sp³-hybridized carbons (Fsp3) is 0.182. The molecule has 0 atom stereocenters. The summed E-state index contributed by atoms with van der Waals surface area (Å²) in [6.07, 6.45) is 1.80. The van der Waals surface area contributed by atoms with E-state index in [-0.39, 0.29) is 5.97 Å². The van der Waals surface area contributed by atoms with Crippen LogP contribution in [0.3, 0.4) is 0 Å². The molecule has 0 amide bonds. The number of carbonyl (C=O) groups is 1. The number of hydrogen-bond donors (Lipinski definition) is 2. The van der Waals surface area contributed by atoms with Gasteiger partial charge in [0.1, 0.15) is 10.6 Å². The summed E-state index contributed by atoms with van der Waals surface area (Å²) in [6, 6.07) is 3.77. The van der Waals surface area contributed by atoms with Gasteiger partial charge in [-0.1, -0.05) is 0 Å². The molecule has 2 heterocycles. The number of anilines is 1. The van der Waals surface area contributed by atoms with E-state index >= 15 is 0 Å². The number of nitrogens with two attached hydrogens (primary N) is 1. The van der Waals surface area contributed by atoms with Crippen molar-refractivity contribution in [3.8, 4) is 11.3 Å². The van der Waals surface area contributed by atoms with Gasteiger partial charge in [-0.15, -0.1) is 11.3 Å². The molecule has 2 rings (SSSR count). The molecule has 0 aliphatic heterocycles. The first kappa shape index (κ1) is 10.8. The van der Waals surface area contributed by atoms with Crippen LogP contribution in [0, 0.1) is 0 Å². The minimum Gasteiger partial charge on any atom is -0.462 e. The molecule has 0 aliphatic carbocycles. The quantitative estimate of drug-likeness (QED) is 0.804. The Labute approximate surface area is 97.0 Å². The number of nitrogen functional groups attached to an aromatic ring is 1. The first-order chi connectivity index (χ1) is 7.74. The third kappa shape index (κ3) is 1.81. The van der Waals surface area contributed by atoms with Crippen LogP contribution in [0.2, 0.25) is 0 Å². The fourth-order valence-electron chi connectivity index (χ4n) is 1.48. The Kier molecular flexibility index (Phi) is 2.96. The van der Waals surface area contributed by atoms with Gasteiger partial charge in [0.2, 0.25) is 0 Å². The van der Waals surface area contributed by atoms with Crippen LogP contribution in [0.4, 0.5) is 5.00 Å². The molecule has 3 N–H and O–H groups in total. The van der Waals surface area contributed by atoms with E-state index in [0.717, 1.165) is 11.3 Å². The van der Waals surface area contributed by atoms with Crippen molar-refractivity contribution in [1.29, 1.82) is 0 Å². The molecule has 16 heavy (non-hydrogen) atoms. The predicted octanol–water partition coefficient (Wildman–Crippen LogP) is 2.50. The van der Waals surface area contributed by atoms with Gasteiger partial charge in [-0.2, -0.15) is 0 Å². The number of ether oxygens (including phenoxy) is 1. The number of hydrogen-bond acceptors (Lipinski definition) is 4. The Morgan fingerprint density at radius 2 is 2.44 bits per heavy atom. The molecule has 84 valence electrons. The van der Waals surface area contributed by atoms with E-state index < -0.39 is 0 Å². The monoisotopic (exact) mass is 236 g/mol. The largest absolute Gasteiger partial charge is 0.462 e. The molecule has 0 radical (unpaired) electrons. The molecule has 0 aromatic carbocycles. The van der Waals surface area contributed by atoms with Gasteiger partial charge < -0.3 is 15.5 Å². The molecule has 0 aliphatic rings. The average Bonchev–Trinajstić information content (AvgIpc) is 2.86. The highest BCUT2D eigenvalue weighted by atomic mass is 32.1. The minimum absolute atomic E-state index is 0.346. The van der Waals surface area contributed by atoms with Gasteiger partial charge in [0.05, 0.1) is 6.61 Å². The average molecular weight is 236 g/mol. The second kappa shape index (κ2) is 4.40. The molecule has 0 fully saturated rings. The third-order valence-electron chi connectivity index (χ3n) is 2.19. The molecule has 0 unspecified atom stereocenters. The van der Waals surface area contributed by atoms with Gasteiger partial charge in [-0.3, -0.25) is 0 Å². The van der Waals surface area contributed by atoms with E-state index in [1.54, 1.807) is 13.1 Å². The molecular formula is C11H12N2O2S. The number of aromatic amines is 1. The summed E-state index contributed by atoms with van der Waals surface area (Å²) in [5.41, 5.74) is 7.90. The lowest BCUT2D eigenvalue weighted by atomic mass is 10.1. The van der Waals surface area contributed by atoms with E-state index in [9.17, 15) is 4.79 Å². The Bertz CT molecular complexity index is 488. The van der Waals surface area contributed by atoms with E-state index in [0.29, 0.717) is 17.2 Å². The van der Waals surface area contributed by atoms with E-state index in [1.165, 1.54) is 11.3 Å². The maximum absolute atomic E-state index is 11.7. The Morgan fingerprint density at radius 1 is 1.62 bits per heavy atom. The zero-order valence-electron chi connectivity index (χ0n) is 8.82. The summed E-state index contributed by atoms with van der Waals surface area (Å²) in [5.74, 6) is -0.370. The van der Waals surface area contributed by atoms with Gasteiger partial charge in [0.15, 0.2) is 0 Å². The predicted molar refractivity (Wildman–Crippen MR) is 64.5 cm³/mol. The van der Waals surface area contributed by atoms with Crippen molar-refractivity contribution in [1.82, 2.24) is 4.98 Å². The second-order valence-electron chi connectivity index (χ2n) is 3.19. The zero-order chi connectivity index (χ0) is 11.5. The molecule has 0 saturated heterocycles. The van der Waals surface area contributed by atoms with Gasteiger partial charge in [-0.25, -0.2) is 4.79 Å². The van der Waals surface area contributed by atoms with Crippen LogP contribution in [0.1, 0.15) is 17.3 Å². The highest BCUT2D eigenvalue weighted by molar-refractivity contribution is 7.14. The topological polar surface area (TPSA) is 68.1 Å². The van der Waals surface area contributed by atoms with Crippen molar-refractivity contribution in [3.63, 3.8) is 0 Å². The molecule has 0 bridgehead atoms. The van der Waals surface area contributed by atoms with Crippen LogP contribution in [0.15, 0.2) is 23.7 Å². The van der Waals surface area contributed by atoms with Crippen LogP contribution in [0.5, 0.6) is 0 Å². The molecular weight excluding hydrogens is 224 g/mol. The van der Waals surface area contributed by atoms with E-state index in [4.69, 9.17) is 10.5 Å². The van der Waals surface area contributed by atoms with Gasteiger partial charge in [-0.05, 0) is 19.1 Å². The number of esters is 1. The number of carbonyl (C=O) groups excluding carboxylic acids is 1. The summed E-state index contributed by atoms with van der Waals surface area (Å²) in [4.78, 5) is 14.8. The lowest BCUT2D eigenvalue weighted by Crippen LogP contribution is -2.07. The molecule has 5 heteroatoms. The maximum Gasteiger partial charge on any atom is 0.341 e. The molecule has 2 aromatic rings. The molecule has 0 saturated carbocycles. The van der Waals surface area contributed by atoms with Crippen LogP contribution in [-0.2, 0) is 4.74 Å². The summed E-state index contributed by atoms with van der Waals surface area (Å²) in [5, 5.41) is 2.34. The van der Waals surface area contributed by atoms with Crippen molar-refractivity contribution in [3.05, 3.63) is 29.3 Å². The third-order valence-corrected chi connectivity index (χ3v) is 3.00. The van der Waals surface area contributed by atoms with Crippen molar-refractivity contribution >= 4 is 22.3 Å². The van der Waals surface area contributed by atoms with E-state index in [1.807, 2.05) is 17.5 Å². The SMILES string of the molecule is CCOC(=O)c1c(-c2ccc[nH]2)csc1N. The Balaban J connectivity index is 2.44. The summed E-state index contributed by atoms with van der Waals surface area (Å²) in [7, 11) is 0. The Morgan fingerprint density at radius 3 is 3.06 bits per heavy atom. The molecule has 4 nitrogen and oxygen atoms in total. The minimum atomic E-state index is -0.370. The molecule has 2 aromatic heterocycles. The molecule has 0 spiro atoms. The zero-order valence-corrected chi connectivity index (χ0v) is 9.64. The van der Waals surface area contributed by atoms with Crippen LogP contribution < -0.4 is 5.73 Å². The number of thiophene rings is 1. The van der Waals surface area contributed by atoms with Crippen molar-refractivity contribution in [2.24, 2.45) is 0 Å².